The van der Waals surface area contributed by atoms with Crippen molar-refractivity contribution < 1.29 is 4.79 Å². The van der Waals surface area contributed by atoms with Gasteiger partial charge in [-0.1, -0.05) is 50.8 Å². The summed E-state index contributed by atoms with van der Waals surface area (Å²) in [5, 5.41) is 3.11. The van der Waals surface area contributed by atoms with Crippen molar-refractivity contribution in [2.45, 2.75) is 83.7 Å². The van der Waals surface area contributed by atoms with Crippen molar-refractivity contribution in [2.75, 3.05) is 0 Å². The molecule has 0 heterocycles. The zero-order valence-electron chi connectivity index (χ0n) is 16.0. The van der Waals surface area contributed by atoms with Gasteiger partial charge in [0.15, 0.2) is 0 Å². The van der Waals surface area contributed by atoms with Crippen LogP contribution >= 0.6 is 0 Å². The predicted octanol–water partition coefficient (Wildman–Crippen LogP) is 3.52. The lowest BCUT2D eigenvalue weighted by atomic mass is 9.88. The van der Waals surface area contributed by atoms with Crippen molar-refractivity contribution in [1.82, 2.24) is 5.32 Å². The van der Waals surface area contributed by atoms with Crippen molar-refractivity contribution in [1.29, 1.82) is 0 Å². The highest BCUT2D eigenvalue weighted by Crippen LogP contribution is 2.23. The molecule has 1 aliphatic rings. The number of nitrogens with two attached hydrogens (primary N) is 1. The number of carbonyl (C=O) groups excluding carboxylic acids is 1. The van der Waals surface area contributed by atoms with Gasteiger partial charge in [-0.25, -0.2) is 0 Å². The molecule has 1 atom stereocenters. The Labute approximate surface area is 152 Å². The van der Waals surface area contributed by atoms with E-state index in [4.69, 9.17) is 5.73 Å². The van der Waals surface area contributed by atoms with E-state index in [1.54, 1.807) is 0 Å². The summed E-state index contributed by atoms with van der Waals surface area (Å²) in [5.74, 6) is 6.04. The molecule has 1 aromatic rings. The van der Waals surface area contributed by atoms with Crippen LogP contribution in [0.4, 0.5) is 0 Å². The second-order valence-electron chi connectivity index (χ2n) is 7.24. The number of carbonyl (C=O) groups is 1. The number of hydrogen-bond acceptors (Lipinski definition) is 2. The van der Waals surface area contributed by atoms with Crippen molar-refractivity contribution in [3.63, 3.8) is 0 Å². The number of rotatable bonds is 8. The standard InChI is InChI=1S/C22H32N2O/c1-4-8-20(24-21(25)22(23,13-5-2)14-6-3)16-17-11-12-18-9-7-10-19(18)15-17/h11-12,15,20H,5-7,9-10,13-14,16,23H2,1-3H3,(H,24,25). The molecule has 25 heavy (non-hydrogen) atoms. The van der Waals surface area contributed by atoms with Crippen LogP contribution in [0.15, 0.2) is 18.2 Å². The fraction of sp³-hybridized carbons (Fsp3) is 0.591. The highest BCUT2D eigenvalue weighted by Gasteiger charge is 2.33. The maximum absolute atomic E-state index is 12.8. The van der Waals surface area contributed by atoms with Crippen LogP contribution < -0.4 is 11.1 Å². The van der Waals surface area contributed by atoms with Crippen LogP contribution in [0, 0.1) is 11.8 Å². The van der Waals surface area contributed by atoms with Gasteiger partial charge in [0, 0.05) is 6.42 Å². The lowest BCUT2D eigenvalue weighted by molar-refractivity contribution is -0.127. The van der Waals surface area contributed by atoms with E-state index in [9.17, 15) is 4.79 Å². The fourth-order valence-electron chi connectivity index (χ4n) is 3.85. The van der Waals surface area contributed by atoms with Crippen LogP contribution in [-0.4, -0.2) is 17.5 Å². The Bertz CT molecular complexity index is 648. The average molecular weight is 341 g/mol. The lowest BCUT2D eigenvalue weighted by Gasteiger charge is -2.29. The molecule has 0 radical (unpaired) electrons. The van der Waals surface area contributed by atoms with E-state index in [1.807, 2.05) is 6.92 Å². The Kier molecular flexibility index (Phi) is 7.08. The number of fused-ring (bicyclic) bond motifs is 1. The third-order valence-electron chi connectivity index (χ3n) is 5.07. The van der Waals surface area contributed by atoms with Gasteiger partial charge in [-0.2, -0.15) is 0 Å². The van der Waals surface area contributed by atoms with Crippen LogP contribution in [0.2, 0.25) is 0 Å². The molecule has 0 saturated heterocycles. The summed E-state index contributed by atoms with van der Waals surface area (Å²) in [4.78, 5) is 12.8. The Balaban J connectivity index is 2.09. The first-order valence-electron chi connectivity index (χ1n) is 9.65. The first kappa shape index (κ1) is 19.5. The maximum atomic E-state index is 12.8. The fourth-order valence-corrected chi connectivity index (χ4v) is 3.85. The Morgan fingerprint density at radius 3 is 2.56 bits per heavy atom. The molecule has 0 spiro atoms. The molecule has 0 aromatic heterocycles. The van der Waals surface area contributed by atoms with E-state index in [0.717, 1.165) is 19.3 Å². The first-order chi connectivity index (χ1) is 12.0. The minimum atomic E-state index is -0.783. The topological polar surface area (TPSA) is 55.1 Å². The van der Waals surface area contributed by atoms with Crippen molar-refractivity contribution in [2.24, 2.45) is 5.73 Å². The summed E-state index contributed by atoms with van der Waals surface area (Å²) in [7, 11) is 0. The van der Waals surface area contributed by atoms with Crippen molar-refractivity contribution >= 4 is 5.91 Å². The predicted molar refractivity (Wildman–Crippen MR) is 104 cm³/mol. The first-order valence-corrected chi connectivity index (χ1v) is 9.65. The summed E-state index contributed by atoms with van der Waals surface area (Å²) in [6.45, 7) is 5.95. The zero-order chi connectivity index (χ0) is 18.3. The van der Waals surface area contributed by atoms with E-state index >= 15 is 0 Å². The van der Waals surface area contributed by atoms with E-state index < -0.39 is 5.54 Å². The minimum Gasteiger partial charge on any atom is -0.341 e. The summed E-state index contributed by atoms with van der Waals surface area (Å²) in [6, 6.07) is 6.51. The molecular weight excluding hydrogens is 308 g/mol. The van der Waals surface area contributed by atoms with Crippen LogP contribution in [0.25, 0.3) is 0 Å². The second-order valence-corrected chi connectivity index (χ2v) is 7.24. The number of aryl methyl sites for hydroxylation is 2. The molecule has 0 saturated carbocycles. The van der Waals surface area contributed by atoms with Crippen molar-refractivity contribution in [3.05, 3.63) is 34.9 Å². The van der Waals surface area contributed by atoms with Gasteiger partial charge in [0.2, 0.25) is 5.91 Å². The van der Waals surface area contributed by atoms with Crippen LogP contribution in [0.3, 0.4) is 0 Å². The van der Waals surface area contributed by atoms with Crippen molar-refractivity contribution in [3.8, 4) is 11.8 Å². The van der Waals surface area contributed by atoms with E-state index in [2.05, 4.69) is 49.2 Å². The number of hydrogen-bond donors (Lipinski definition) is 2. The van der Waals surface area contributed by atoms with E-state index in [-0.39, 0.29) is 11.9 Å². The third-order valence-corrected chi connectivity index (χ3v) is 5.07. The molecule has 1 aromatic carbocycles. The van der Waals surface area contributed by atoms with E-state index in [1.165, 1.54) is 36.0 Å². The molecule has 2 rings (SSSR count). The molecule has 136 valence electrons. The van der Waals surface area contributed by atoms with Crippen LogP contribution in [0.1, 0.15) is 69.6 Å². The highest BCUT2D eigenvalue weighted by atomic mass is 16.2. The molecule has 1 amide bonds. The number of benzene rings is 1. The Hall–Kier alpha value is -1.79. The van der Waals surface area contributed by atoms with Gasteiger partial charge in [-0.05, 0) is 55.7 Å². The largest absolute Gasteiger partial charge is 0.341 e. The van der Waals surface area contributed by atoms with Crippen LogP contribution in [0.5, 0.6) is 0 Å². The van der Waals surface area contributed by atoms with Gasteiger partial charge in [-0.15, -0.1) is 5.92 Å². The molecule has 3 nitrogen and oxygen atoms in total. The van der Waals surface area contributed by atoms with Gasteiger partial charge >= 0.3 is 0 Å². The molecule has 0 fully saturated rings. The molecule has 1 unspecified atom stereocenters. The van der Waals surface area contributed by atoms with Gasteiger partial charge in [0.05, 0.1) is 11.6 Å². The highest BCUT2D eigenvalue weighted by molar-refractivity contribution is 5.86. The Morgan fingerprint density at radius 1 is 1.24 bits per heavy atom. The quantitative estimate of drug-likeness (QED) is 0.711. The van der Waals surface area contributed by atoms with E-state index in [0.29, 0.717) is 12.8 Å². The summed E-state index contributed by atoms with van der Waals surface area (Å²) in [6.07, 6.45) is 7.55. The minimum absolute atomic E-state index is 0.0647. The van der Waals surface area contributed by atoms with Gasteiger partial charge in [-0.3, -0.25) is 4.79 Å². The third kappa shape index (κ3) is 5.09. The number of amides is 1. The molecular formula is C22H32N2O. The average Bonchev–Trinajstić information content (AvgIpc) is 3.03. The maximum Gasteiger partial charge on any atom is 0.241 e. The lowest BCUT2D eigenvalue weighted by Crippen LogP contribution is -2.56. The van der Waals surface area contributed by atoms with Crippen LogP contribution in [-0.2, 0) is 24.1 Å². The smallest absolute Gasteiger partial charge is 0.241 e. The molecule has 0 bridgehead atoms. The number of nitrogens with one attached hydrogen (secondary N) is 1. The summed E-state index contributed by atoms with van der Waals surface area (Å²) in [5.41, 5.74) is 9.80. The second kappa shape index (κ2) is 9.06. The van der Waals surface area contributed by atoms with Gasteiger partial charge in [0.1, 0.15) is 0 Å². The Morgan fingerprint density at radius 2 is 1.92 bits per heavy atom. The SMILES string of the molecule is CC#CC(Cc1ccc2c(c1)CCC2)NC(=O)C(N)(CCC)CCC. The summed E-state index contributed by atoms with van der Waals surface area (Å²) >= 11 is 0. The molecule has 0 aliphatic heterocycles. The monoisotopic (exact) mass is 340 g/mol. The summed E-state index contributed by atoms with van der Waals surface area (Å²) < 4.78 is 0. The molecule has 3 N–H and O–H groups in total. The molecule has 3 heteroatoms. The normalized spacial score (nSPS) is 14.4. The van der Waals surface area contributed by atoms with Gasteiger partial charge in [0.25, 0.3) is 0 Å². The zero-order valence-corrected chi connectivity index (χ0v) is 16.0. The molecule has 1 aliphatic carbocycles. The van der Waals surface area contributed by atoms with Gasteiger partial charge < -0.3 is 11.1 Å².